The first-order valence-electron chi connectivity index (χ1n) is 6.61. The molecule has 1 aliphatic rings. The third-order valence-corrected chi connectivity index (χ3v) is 3.54. The third kappa shape index (κ3) is 3.34. The number of fused-ring (bicyclic) bond motifs is 1. The van der Waals surface area contributed by atoms with Gasteiger partial charge in [-0.05, 0) is 55.4 Å². The normalized spacial score (nSPS) is 17.6. The molecule has 0 heterocycles. The van der Waals surface area contributed by atoms with Crippen LogP contribution in [0.1, 0.15) is 41.3 Å². The molecule has 102 valence electrons. The highest BCUT2D eigenvalue weighted by molar-refractivity contribution is 5.88. The predicted octanol–water partition coefficient (Wildman–Crippen LogP) is 2.44. The fourth-order valence-electron chi connectivity index (χ4n) is 2.60. The van der Waals surface area contributed by atoms with Gasteiger partial charge in [-0.25, -0.2) is 4.79 Å². The minimum atomic E-state index is -0.907. The molecule has 1 aliphatic carbocycles. The topological polar surface area (TPSA) is 63.6 Å². The van der Waals surface area contributed by atoms with Gasteiger partial charge in [-0.1, -0.05) is 6.07 Å². The van der Waals surface area contributed by atoms with E-state index in [1.165, 1.54) is 5.56 Å². The Morgan fingerprint density at radius 3 is 2.84 bits per heavy atom. The summed E-state index contributed by atoms with van der Waals surface area (Å²) in [5.74, 6) is -0.809. The van der Waals surface area contributed by atoms with Gasteiger partial charge in [0.2, 0.25) is 0 Å². The SMILES string of the molecule is CCOC(=O)CC1CCc2ccc(C(=O)O)cc2C1. The summed E-state index contributed by atoms with van der Waals surface area (Å²) in [5, 5.41) is 8.99. The third-order valence-electron chi connectivity index (χ3n) is 3.54. The number of ether oxygens (including phenoxy) is 1. The van der Waals surface area contributed by atoms with Gasteiger partial charge in [-0.15, -0.1) is 0 Å². The van der Waals surface area contributed by atoms with Crippen LogP contribution in [0.25, 0.3) is 0 Å². The molecule has 0 radical (unpaired) electrons. The molecule has 4 heteroatoms. The predicted molar refractivity (Wildman–Crippen MR) is 70.2 cm³/mol. The molecule has 0 saturated heterocycles. The van der Waals surface area contributed by atoms with Crippen LogP contribution in [0, 0.1) is 5.92 Å². The highest BCUT2D eigenvalue weighted by atomic mass is 16.5. The van der Waals surface area contributed by atoms with Gasteiger partial charge in [-0.3, -0.25) is 4.79 Å². The van der Waals surface area contributed by atoms with Crippen molar-refractivity contribution in [2.24, 2.45) is 5.92 Å². The van der Waals surface area contributed by atoms with Crippen molar-refractivity contribution in [2.45, 2.75) is 32.6 Å². The summed E-state index contributed by atoms with van der Waals surface area (Å²) in [7, 11) is 0. The summed E-state index contributed by atoms with van der Waals surface area (Å²) < 4.78 is 4.96. The zero-order valence-corrected chi connectivity index (χ0v) is 11.0. The van der Waals surface area contributed by atoms with Crippen LogP contribution in [0.2, 0.25) is 0 Å². The molecule has 1 N–H and O–H groups in total. The van der Waals surface area contributed by atoms with Crippen molar-refractivity contribution in [3.05, 3.63) is 34.9 Å². The number of esters is 1. The molecule has 0 saturated carbocycles. The Balaban J connectivity index is 2.07. The van der Waals surface area contributed by atoms with Gasteiger partial charge < -0.3 is 9.84 Å². The average Bonchev–Trinajstić information content (AvgIpc) is 2.38. The Kier molecular flexibility index (Phi) is 4.20. The van der Waals surface area contributed by atoms with E-state index >= 15 is 0 Å². The molecule has 1 atom stereocenters. The number of hydrogen-bond donors (Lipinski definition) is 1. The van der Waals surface area contributed by atoms with Crippen LogP contribution < -0.4 is 0 Å². The van der Waals surface area contributed by atoms with Crippen LogP contribution in [0.5, 0.6) is 0 Å². The molecule has 1 unspecified atom stereocenters. The van der Waals surface area contributed by atoms with Crippen LogP contribution in [-0.4, -0.2) is 23.7 Å². The smallest absolute Gasteiger partial charge is 0.335 e. The van der Waals surface area contributed by atoms with E-state index in [9.17, 15) is 9.59 Å². The Morgan fingerprint density at radius 2 is 2.16 bits per heavy atom. The highest BCUT2D eigenvalue weighted by Crippen LogP contribution is 2.28. The first kappa shape index (κ1) is 13.6. The first-order valence-corrected chi connectivity index (χ1v) is 6.61. The average molecular weight is 262 g/mol. The second-order valence-electron chi connectivity index (χ2n) is 4.91. The van der Waals surface area contributed by atoms with Crippen molar-refractivity contribution in [1.82, 2.24) is 0 Å². The number of carbonyl (C=O) groups excluding carboxylic acids is 1. The largest absolute Gasteiger partial charge is 0.478 e. The Hall–Kier alpha value is -1.84. The molecule has 19 heavy (non-hydrogen) atoms. The van der Waals surface area contributed by atoms with E-state index in [1.54, 1.807) is 19.1 Å². The standard InChI is InChI=1S/C15H18O4/c1-2-19-14(16)8-10-3-4-11-5-6-12(15(17)18)9-13(11)7-10/h5-6,9-10H,2-4,7-8H2,1H3,(H,17,18). The summed E-state index contributed by atoms with van der Waals surface area (Å²) in [5.41, 5.74) is 2.57. The lowest BCUT2D eigenvalue weighted by Crippen LogP contribution is -2.19. The molecule has 0 fully saturated rings. The van der Waals surface area contributed by atoms with Crippen LogP contribution >= 0.6 is 0 Å². The van der Waals surface area contributed by atoms with E-state index in [2.05, 4.69) is 0 Å². The molecule has 1 aromatic rings. The molecular weight excluding hydrogens is 244 g/mol. The molecule has 0 amide bonds. The lowest BCUT2D eigenvalue weighted by atomic mass is 9.81. The molecule has 1 aromatic carbocycles. The summed E-state index contributed by atoms with van der Waals surface area (Å²) in [6.07, 6.45) is 3.04. The van der Waals surface area contributed by atoms with Gasteiger partial charge in [0.05, 0.1) is 12.2 Å². The van der Waals surface area contributed by atoms with Crippen molar-refractivity contribution in [3.63, 3.8) is 0 Å². The quantitative estimate of drug-likeness (QED) is 0.846. The summed E-state index contributed by atoms with van der Waals surface area (Å²) >= 11 is 0. The Labute approximate surface area is 112 Å². The van der Waals surface area contributed by atoms with E-state index in [1.807, 2.05) is 6.07 Å². The van der Waals surface area contributed by atoms with Crippen molar-refractivity contribution in [1.29, 1.82) is 0 Å². The molecule has 0 bridgehead atoms. The fourth-order valence-corrected chi connectivity index (χ4v) is 2.60. The molecule has 2 rings (SSSR count). The van der Waals surface area contributed by atoms with Crippen molar-refractivity contribution < 1.29 is 19.4 Å². The maximum Gasteiger partial charge on any atom is 0.335 e. The summed E-state index contributed by atoms with van der Waals surface area (Å²) in [6, 6.07) is 5.27. The molecule has 0 aliphatic heterocycles. The van der Waals surface area contributed by atoms with Crippen LogP contribution in [-0.2, 0) is 22.4 Å². The molecular formula is C15H18O4. The summed E-state index contributed by atoms with van der Waals surface area (Å²) in [4.78, 5) is 22.4. The minimum Gasteiger partial charge on any atom is -0.478 e. The minimum absolute atomic E-state index is 0.162. The number of aromatic carboxylic acids is 1. The van der Waals surface area contributed by atoms with Gasteiger partial charge in [0, 0.05) is 6.42 Å². The monoisotopic (exact) mass is 262 g/mol. The number of carboxylic acids is 1. The molecule has 0 aromatic heterocycles. The van der Waals surface area contributed by atoms with E-state index in [0.29, 0.717) is 18.6 Å². The zero-order chi connectivity index (χ0) is 13.8. The number of rotatable bonds is 4. The van der Waals surface area contributed by atoms with Gasteiger partial charge in [0.25, 0.3) is 0 Å². The van der Waals surface area contributed by atoms with Gasteiger partial charge >= 0.3 is 11.9 Å². The van der Waals surface area contributed by atoms with Crippen molar-refractivity contribution in [3.8, 4) is 0 Å². The Bertz CT molecular complexity index is 493. The Morgan fingerprint density at radius 1 is 1.37 bits per heavy atom. The molecule has 0 spiro atoms. The van der Waals surface area contributed by atoms with Gasteiger partial charge in [0.1, 0.15) is 0 Å². The second kappa shape index (κ2) is 5.87. The van der Waals surface area contributed by atoms with Crippen molar-refractivity contribution in [2.75, 3.05) is 6.61 Å². The van der Waals surface area contributed by atoms with Crippen molar-refractivity contribution >= 4 is 11.9 Å². The van der Waals surface area contributed by atoms with E-state index in [4.69, 9.17) is 9.84 Å². The number of carbonyl (C=O) groups is 2. The fraction of sp³-hybridized carbons (Fsp3) is 0.467. The number of benzene rings is 1. The number of aryl methyl sites for hydroxylation is 1. The van der Waals surface area contributed by atoms with E-state index in [-0.39, 0.29) is 11.9 Å². The highest BCUT2D eigenvalue weighted by Gasteiger charge is 2.22. The lowest BCUT2D eigenvalue weighted by molar-refractivity contribution is -0.144. The second-order valence-corrected chi connectivity index (χ2v) is 4.91. The number of carboxylic acid groups (broad SMARTS) is 1. The molecule has 4 nitrogen and oxygen atoms in total. The van der Waals surface area contributed by atoms with Crippen LogP contribution in [0.15, 0.2) is 18.2 Å². The van der Waals surface area contributed by atoms with E-state index in [0.717, 1.165) is 24.8 Å². The summed E-state index contributed by atoms with van der Waals surface area (Å²) in [6.45, 7) is 2.21. The maximum atomic E-state index is 11.5. The van der Waals surface area contributed by atoms with Crippen LogP contribution in [0.3, 0.4) is 0 Å². The first-order chi connectivity index (χ1) is 9.10. The number of hydrogen-bond acceptors (Lipinski definition) is 3. The lowest BCUT2D eigenvalue weighted by Gasteiger charge is -2.24. The zero-order valence-electron chi connectivity index (χ0n) is 11.0. The van der Waals surface area contributed by atoms with Crippen LogP contribution in [0.4, 0.5) is 0 Å². The van der Waals surface area contributed by atoms with Gasteiger partial charge in [0.15, 0.2) is 0 Å². The van der Waals surface area contributed by atoms with E-state index < -0.39 is 5.97 Å². The van der Waals surface area contributed by atoms with Gasteiger partial charge in [-0.2, -0.15) is 0 Å². The maximum absolute atomic E-state index is 11.5.